The van der Waals surface area contributed by atoms with Crippen LogP contribution in [0.1, 0.15) is 24.8 Å². The maximum atomic E-state index is 12.6. The molecule has 5 nitrogen and oxygen atoms in total. The van der Waals surface area contributed by atoms with E-state index in [0.717, 1.165) is 25.9 Å². The zero-order valence-electron chi connectivity index (χ0n) is 14.1. The second kappa shape index (κ2) is 8.67. The standard InChI is InChI=1S/C18H27N3O2/c1-20(2)13-14-21(18(23)16-10-11-17(22)19-16)12-6-9-15-7-4-3-5-8-15/h3-5,7-8,16H,6,9-14H2,1-2H3,(H,19,22)/t16-/m0/s1. The van der Waals surface area contributed by atoms with Crippen molar-refractivity contribution in [1.82, 2.24) is 15.1 Å². The van der Waals surface area contributed by atoms with Gasteiger partial charge in [0.1, 0.15) is 6.04 Å². The van der Waals surface area contributed by atoms with Gasteiger partial charge in [-0.2, -0.15) is 0 Å². The predicted molar refractivity (Wildman–Crippen MR) is 91.1 cm³/mol. The van der Waals surface area contributed by atoms with Gasteiger partial charge in [-0.15, -0.1) is 0 Å². The Morgan fingerprint density at radius 3 is 2.52 bits per heavy atom. The van der Waals surface area contributed by atoms with Gasteiger partial charge in [0, 0.05) is 26.1 Å². The fourth-order valence-electron chi connectivity index (χ4n) is 2.79. The number of carbonyl (C=O) groups excluding carboxylic acids is 2. The Hall–Kier alpha value is -1.88. The lowest BCUT2D eigenvalue weighted by Crippen LogP contribution is -2.47. The monoisotopic (exact) mass is 317 g/mol. The summed E-state index contributed by atoms with van der Waals surface area (Å²) in [6, 6.07) is 9.99. The zero-order valence-corrected chi connectivity index (χ0v) is 14.1. The average molecular weight is 317 g/mol. The van der Waals surface area contributed by atoms with Crippen LogP contribution in [0.3, 0.4) is 0 Å². The molecule has 0 aliphatic carbocycles. The molecule has 0 saturated carbocycles. The van der Waals surface area contributed by atoms with Gasteiger partial charge >= 0.3 is 0 Å². The zero-order chi connectivity index (χ0) is 16.7. The van der Waals surface area contributed by atoms with Crippen molar-refractivity contribution in [1.29, 1.82) is 0 Å². The van der Waals surface area contributed by atoms with E-state index < -0.39 is 0 Å². The molecule has 2 rings (SSSR count). The van der Waals surface area contributed by atoms with E-state index >= 15 is 0 Å². The molecule has 1 heterocycles. The van der Waals surface area contributed by atoms with Crippen LogP contribution in [0, 0.1) is 0 Å². The lowest BCUT2D eigenvalue weighted by molar-refractivity contribution is -0.134. The number of benzene rings is 1. The molecule has 0 aromatic heterocycles. The molecular weight excluding hydrogens is 290 g/mol. The third-order valence-corrected chi connectivity index (χ3v) is 4.16. The van der Waals surface area contributed by atoms with Gasteiger partial charge in [0.2, 0.25) is 11.8 Å². The van der Waals surface area contributed by atoms with Crippen LogP contribution in [-0.4, -0.2) is 61.4 Å². The van der Waals surface area contributed by atoms with Crippen molar-refractivity contribution in [3.63, 3.8) is 0 Å². The van der Waals surface area contributed by atoms with Gasteiger partial charge in [0.15, 0.2) is 0 Å². The van der Waals surface area contributed by atoms with Crippen molar-refractivity contribution in [3.8, 4) is 0 Å². The van der Waals surface area contributed by atoms with Crippen LogP contribution in [0.25, 0.3) is 0 Å². The minimum atomic E-state index is -0.332. The third-order valence-electron chi connectivity index (χ3n) is 4.16. The fraction of sp³-hybridized carbons (Fsp3) is 0.556. The van der Waals surface area contributed by atoms with Crippen molar-refractivity contribution in [2.75, 3.05) is 33.7 Å². The highest BCUT2D eigenvalue weighted by Crippen LogP contribution is 2.11. The number of nitrogens with zero attached hydrogens (tertiary/aromatic N) is 2. The normalized spacial score (nSPS) is 17.3. The molecule has 23 heavy (non-hydrogen) atoms. The van der Waals surface area contributed by atoms with E-state index in [2.05, 4.69) is 22.3 Å². The first-order chi connectivity index (χ1) is 11.1. The van der Waals surface area contributed by atoms with Gasteiger partial charge < -0.3 is 15.1 Å². The molecule has 1 saturated heterocycles. The molecule has 1 aromatic rings. The number of carbonyl (C=O) groups is 2. The van der Waals surface area contributed by atoms with Crippen LogP contribution in [-0.2, 0) is 16.0 Å². The number of hydrogen-bond donors (Lipinski definition) is 1. The Labute approximate surface area is 138 Å². The Morgan fingerprint density at radius 1 is 1.17 bits per heavy atom. The number of likely N-dealkylation sites (N-methyl/N-ethyl adjacent to an activating group) is 1. The lowest BCUT2D eigenvalue weighted by atomic mass is 10.1. The average Bonchev–Trinajstić information content (AvgIpc) is 2.97. The molecule has 5 heteroatoms. The van der Waals surface area contributed by atoms with E-state index in [0.29, 0.717) is 19.4 Å². The minimum absolute atomic E-state index is 0.0137. The summed E-state index contributed by atoms with van der Waals surface area (Å²) >= 11 is 0. The molecule has 0 spiro atoms. The van der Waals surface area contributed by atoms with Crippen LogP contribution in [0.2, 0.25) is 0 Å². The highest BCUT2D eigenvalue weighted by atomic mass is 16.2. The summed E-state index contributed by atoms with van der Waals surface area (Å²) in [5.74, 6) is 0.0472. The second-order valence-electron chi connectivity index (χ2n) is 6.38. The molecule has 0 radical (unpaired) electrons. The third kappa shape index (κ3) is 5.67. The molecule has 0 unspecified atom stereocenters. The first kappa shape index (κ1) is 17.5. The first-order valence-corrected chi connectivity index (χ1v) is 8.33. The van der Waals surface area contributed by atoms with Crippen molar-refractivity contribution < 1.29 is 9.59 Å². The summed E-state index contributed by atoms with van der Waals surface area (Å²) in [5, 5.41) is 2.79. The first-order valence-electron chi connectivity index (χ1n) is 8.33. The highest BCUT2D eigenvalue weighted by Gasteiger charge is 2.30. The minimum Gasteiger partial charge on any atom is -0.344 e. The van der Waals surface area contributed by atoms with Gasteiger partial charge in [-0.1, -0.05) is 30.3 Å². The number of hydrogen-bond acceptors (Lipinski definition) is 3. The van der Waals surface area contributed by atoms with Crippen molar-refractivity contribution in [3.05, 3.63) is 35.9 Å². The Kier molecular flexibility index (Phi) is 6.59. The Morgan fingerprint density at radius 2 is 1.91 bits per heavy atom. The van der Waals surface area contributed by atoms with Crippen LogP contribution in [0.15, 0.2) is 30.3 Å². The summed E-state index contributed by atoms with van der Waals surface area (Å²) in [5.41, 5.74) is 1.29. The van der Waals surface area contributed by atoms with E-state index in [-0.39, 0.29) is 17.9 Å². The van der Waals surface area contributed by atoms with Gasteiger partial charge in [-0.05, 0) is 38.9 Å². The maximum Gasteiger partial charge on any atom is 0.245 e. The summed E-state index contributed by atoms with van der Waals surface area (Å²) in [7, 11) is 4.01. The van der Waals surface area contributed by atoms with Crippen molar-refractivity contribution in [2.24, 2.45) is 0 Å². The molecular formula is C18H27N3O2. The van der Waals surface area contributed by atoms with Crippen molar-refractivity contribution >= 4 is 11.8 Å². The van der Waals surface area contributed by atoms with Crippen LogP contribution >= 0.6 is 0 Å². The number of amides is 2. The SMILES string of the molecule is CN(C)CCN(CCCc1ccccc1)C(=O)[C@@H]1CCC(=O)N1. The second-order valence-corrected chi connectivity index (χ2v) is 6.38. The van der Waals surface area contributed by atoms with E-state index in [9.17, 15) is 9.59 Å². The molecule has 2 amide bonds. The summed E-state index contributed by atoms with van der Waals surface area (Å²) in [6.07, 6.45) is 2.98. The van der Waals surface area contributed by atoms with Gasteiger partial charge in [-0.3, -0.25) is 9.59 Å². The lowest BCUT2D eigenvalue weighted by Gasteiger charge is -2.27. The van der Waals surface area contributed by atoms with Crippen LogP contribution in [0.5, 0.6) is 0 Å². The number of aryl methyl sites for hydroxylation is 1. The fourth-order valence-corrected chi connectivity index (χ4v) is 2.79. The van der Waals surface area contributed by atoms with E-state index in [4.69, 9.17) is 0 Å². The molecule has 1 fully saturated rings. The Balaban J connectivity index is 1.88. The quantitative estimate of drug-likeness (QED) is 0.786. The number of rotatable bonds is 8. The van der Waals surface area contributed by atoms with E-state index in [1.807, 2.05) is 37.2 Å². The van der Waals surface area contributed by atoms with Crippen LogP contribution in [0.4, 0.5) is 0 Å². The van der Waals surface area contributed by atoms with Gasteiger partial charge in [-0.25, -0.2) is 0 Å². The summed E-state index contributed by atoms with van der Waals surface area (Å²) in [4.78, 5) is 28.0. The highest BCUT2D eigenvalue weighted by molar-refractivity contribution is 5.90. The molecule has 1 N–H and O–H groups in total. The van der Waals surface area contributed by atoms with Crippen molar-refractivity contribution in [2.45, 2.75) is 31.7 Å². The Bertz CT molecular complexity index is 516. The maximum absolute atomic E-state index is 12.6. The van der Waals surface area contributed by atoms with E-state index in [1.165, 1.54) is 5.56 Å². The molecule has 1 atom stereocenters. The van der Waals surface area contributed by atoms with E-state index in [1.54, 1.807) is 0 Å². The molecule has 1 aromatic carbocycles. The largest absolute Gasteiger partial charge is 0.344 e. The van der Waals surface area contributed by atoms with Gasteiger partial charge in [0.05, 0.1) is 0 Å². The summed E-state index contributed by atoms with van der Waals surface area (Å²) < 4.78 is 0. The smallest absolute Gasteiger partial charge is 0.245 e. The topological polar surface area (TPSA) is 52.7 Å². The van der Waals surface area contributed by atoms with Crippen LogP contribution < -0.4 is 5.32 Å². The summed E-state index contributed by atoms with van der Waals surface area (Å²) in [6.45, 7) is 2.26. The molecule has 1 aliphatic heterocycles. The molecule has 0 bridgehead atoms. The predicted octanol–water partition coefficient (Wildman–Crippen LogP) is 1.29. The van der Waals surface area contributed by atoms with Gasteiger partial charge in [0.25, 0.3) is 0 Å². The molecule has 126 valence electrons. The molecule has 1 aliphatic rings. The number of nitrogens with one attached hydrogen (secondary N) is 1.